The van der Waals surface area contributed by atoms with Crippen LogP contribution in [0.15, 0.2) is 36.4 Å². The number of nitrogens with zero attached hydrogens (tertiary/aromatic N) is 1. The monoisotopic (exact) mass is 215 g/mol. The summed E-state index contributed by atoms with van der Waals surface area (Å²) in [5.74, 6) is 0. The van der Waals surface area contributed by atoms with Gasteiger partial charge in [-0.2, -0.15) is 0 Å². The van der Waals surface area contributed by atoms with Crippen molar-refractivity contribution in [2.24, 2.45) is 0 Å². The van der Waals surface area contributed by atoms with E-state index in [1.165, 1.54) is 0 Å². The Morgan fingerprint density at radius 1 is 1.09 bits per heavy atom. The van der Waals surface area contributed by atoms with Crippen molar-refractivity contribution in [1.29, 1.82) is 0 Å². The maximum atomic E-state index is 3.68. The van der Waals surface area contributed by atoms with Gasteiger partial charge in [-0.15, -0.1) is 13.2 Å². The molecule has 0 radical (unpaired) electrons. The zero-order valence-electron chi connectivity index (χ0n) is 6.67. The summed E-state index contributed by atoms with van der Waals surface area (Å²) in [6, 6.07) is 0. The SMILES string of the molecule is C=CCN(CC=C)CC=CBr. The molecule has 0 aliphatic carbocycles. The van der Waals surface area contributed by atoms with Crippen molar-refractivity contribution in [3.63, 3.8) is 0 Å². The van der Waals surface area contributed by atoms with Crippen LogP contribution in [0.2, 0.25) is 0 Å². The Kier molecular flexibility index (Phi) is 7.52. The van der Waals surface area contributed by atoms with Gasteiger partial charge in [-0.25, -0.2) is 0 Å². The minimum Gasteiger partial charge on any atom is -0.292 e. The molecule has 0 heterocycles. The van der Waals surface area contributed by atoms with Crippen LogP contribution in [0.1, 0.15) is 0 Å². The van der Waals surface area contributed by atoms with E-state index in [4.69, 9.17) is 0 Å². The second kappa shape index (κ2) is 7.76. The average Bonchev–Trinajstić information content (AvgIpc) is 2.01. The highest BCUT2D eigenvalue weighted by Crippen LogP contribution is 1.91. The summed E-state index contributed by atoms with van der Waals surface area (Å²) in [4.78, 5) is 4.09. The average molecular weight is 216 g/mol. The third-order valence-corrected chi connectivity index (χ3v) is 1.60. The van der Waals surface area contributed by atoms with Crippen molar-refractivity contribution in [1.82, 2.24) is 4.90 Å². The van der Waals surface area contributed by atoms with Gasteiger partial charge in [0.1, 0.15) is 0 Å². The first kappa shape index (κ1) is 10.7. The molecule has 0 saturated carbocycles. The topological polar surface area (TPSA) is 3.24 Å². The van der Waals surface area contributed by atoms with Gasteiger partial charge in [-0.3, -0.25) is 4.90 Å². The molecule has 0 N–H and O–H groups in total. The zero-order valence-corrected chi connectivity index (χ0v) is 8.26. The van der Waals surface area contributed by atoms with Gasteiger partial charge in [0.15, 0.2) is 0 Å². The van der Waals surface area contributed by atoms with Crippen molar-refractivity contribution in [2.75, 3.05) is 19.6 Å². The largest absolute Gasteiger partial charge is 0.292 e. The summed E-state index contributed by atoms with van der Waals surface area (Å²) in [6.07, 6.45) is 5.84. The second-order valence-electron chi connectivity index (χ2n) is 2.16. The standard InChI is InChI=1S/C9H14BrN/c1-3-7-11(8-4-2)9-5-6-10/h3-6H,1-2,7-9H2. The summed E-state index contributed by atoms with van der Waals surface area (Å²) in [5, 5.41) is 0. The molecule has 0 aromatic carbocycles. The predicted octanol–water partition coefficient (Wildman–Crippen LogP) is 2.57. The van der Waals surface area contributed by atoms with Gasteiger partial charge < -0.3 is 0 Å². The van der Waals surface area contributed by atoms with E-state index in [-0.39, 0.29) is 0 Å². The van der Waals surface area contributed by atoms with Crippen molar-refractivity contribution in [3.8, 4) is 0 Å². The first-order valence-electron chi connectivity index (χ1n) is 3.54. The summed E-state index contributed by atoms with van der Waals surface area (Å²) >= 11 is 3.22. The van der Waals surface area contributed by atoms with Crippen LogP contribution >= 0.6 is 15.9 Å². The first-order valence-corrected chi connectivity index (χ1v) is 4.46. The van der Waals surface area contributed by atoms with E-state index in [1.807, 2.05) is 23.2 Å². The number of rotatable bonds is 6. The molecule has 0 aliphatic rings. The van der Waals surface area contributed by atoms with Crippen molar-refractivity contribution < 1.29 is 0 Å². The van der Waals surface area contributed by atoms with Gasteiger partial charge in [-0.05, 0) is 4.99 Å². The second-order valence-corrected chi connectivity index (χ2v) is 2.69. The van der Waals surface area contributed by atoms with E-state index in [2.05, 4.69) is 34.0 Å². The summed E-state index contributed by atoms with van der Waals surface area (Å²) in [5.41, 5.74) is 0. The lowest BCUT2D eigenvalue weighted by molar-refractivity contribution is 0.373. The van der Waals surface area contributed by atoms with Crippen molar-refractivity contribution in [3.05, 3.63) is 36.4 Å². The number of hydrogen-bond acceptors (Lipinski definition) is 1. The highest BCUT2D eigenvalue weighted by molar-refractivity contribution is 9.11. The third kappa shape index (κ3) is 6.07. The van der Waals surface area contributed by atoms with Crippen LogP contribution in [0.25, 0.3) is 0 Å². The zero-order chi connectivity index (χ0) is 8.53. The Balaban J connectivity index is 3.66. The fourth-order valence-electron chi connectivity index (χ4n) is 0.778. The summed E-state index contributed by atoms with van der Waals surface area (Å²) in [6.45, 7) is 10.1. The predicted molar refractivity (Wildman–Crippen MR) is 54.9 cm³/mol. The molecule has 0 aromatic rings. The van der Waals surface area contributed by atoms with Gasteiger partial charge >= 0.3 is 0 Å². The minimum absolute atomic E-state index is 0.906. The molecule has 0 fully saturated rings. The smallest absolute Gasteiger partial charge is 0.0177 e. The molecule has 0 amide bonds. The molecule has 0 unspecified atom stereocenters. The summed E-state index contributed by atoms with van der Waals surface area (Å²) in [7, 11) is 0. The maximum Gasteiger partial charge on any atom is 0.0177 e. The molecular formula is C9H14BrN. The Hall–Kier alpha value is -0.340. The molecule has 62 valence electrons. The molecular weight excluding hydrogens is 202 g/mol. The van der Waals surface area contributed by atoms with E-state index >= 15 is 0 Å². The lowest BCUT2D eigenvalue weighted by Crippen LogP contribution is -2.23. The van der Waals surface area contributed by atoms with E-state index < -0.39 is 0 Å². The summed E-state index contributed by atoms with van der Waals surface area (Å²) < 4.78 is 0. The lowest BCUT2D eigenvalue weighted by Gasteiger charge is -2.15. The fraction of sp³-hybridized carbons (Fsp3) is 0.333. The highest BCUT2D eigenvalue weighted by atomic mass is 79.9. The number of hydrogen-bond donors (Lipinski definition) is 0. The Bertz CT molecular complexity index is 130. The van der Waals surface area contributed by atoms with Gasteiger partial charge in [-0.1, -0.05) is 34.2 Å². The van der Waals surface area contributed by atoms with Crippen LogP contribution in [-0.4, -0.2) is 24.5 Å². The quantitative estimate of drug-likeness (QED) is 0.617. The molecule has 0 atom stereocenters. The Morgan fingerprint density at radius 2 is 1.64 bits per heavy atom. The molecule has 1 nitrogen and oxygen atoms in total. The minimum atomic E-state index is 0.906. The highest BCUT2D eigenvalue weighted by Gasteiger charge is 1.94. The van der Waals surface area contributed by atoms with E-state index in [0.717, 1.165) is 19.6 Å². The molecule has 11 heavy (non-hydrogen) atoms. The maximum absolute atomic E-state index is 3.68. The molecule has 0 spiro atoms. The van der Waals surface area contributed by atoms with Crippen LogP contribution in [0.4, 0.5) is 0 Å². The molecule has 0 saturated heterocycles. The van der Waals surface area contributed by atoms with Gasteiger partial charge in [0.2, 0.25) is 0 Å². The molecule has 0 bridgehead atoms. The van der Waals surface area contributed by atoms with Gasteiger partial charge in [0.05, 0.1) is 0 Å². The van der Waals surface area contributed by atoms with Crippen molar-refractivity contribution in [2.45, 2.75) is 0 Å². The first-order chi connectivity index (χ1) is 5.35. The number of halogens is 1. The van der Waals surface area contributed by atoms with Crippen LogP contribution in [0.5, 0.6) is 0 Å². The van der Waals surface area contributed by atoms with Crippen molar-refractivity contribution >= 4 is 15.9 Å². The molecule has 0 rings (SSSR count). The van der Waals surface area contributed by atoms with Gasteiger partial charge in [0, 0.05) is 19.6 Å². The Morgan fingerprint density at radius 3 is 2.00 bits per heavy atom. The molecule has 0 aliphatic heterocycles. The van der Waals surface area contributed by atoms with E-state index in [0.29, 0.717) is 0 Å². The normalized spacial score (nSPS) is 10.7. The third-order valence-electron chi connectivity index (χ3n) is 1.23. The van der Waals surface area contributed by atoms with E-state index in [9.17, 15) is 0 Å². The Labute approximate surface area is 77.2 Å². The van der Waals surface area contributed by atoms with Crippen LogP contribution in [-0.2, 0) is 0 Å². The van der Waals surface area contributed by atoms with Crippen LogP contribution in [0, 0.1) is 0 Å². The lowest BCUT2D eigenvalue weighted by atomic mass is 10.4. The van der Waals surface area contributed by atoms with Crippen LogP contribution < -0.4 is 0 Å². The molecule has 2 heteroatoms. The van der Waals surface area contributed by atoms with Gasteiger partial charge in [0.25, 0.3) is 0 Å². The van der Waals surface area contributed by atoms with E-state index in [1.54, 1.807) is 0 Å². The van der Waals surface area contributed by atoms with Crippen LogP contribution in [0.3, 0.4) is 0 Å². The molecule has 0 aromatic heterocycles. The fourth-order valence-corrected chi connectivity index (χ4v) is 0.945.